The molecule has 0 aromatic carbocycles. The Morgan fingerprint density at radius 3 is 2.85 bits per heavy atom. The van der Waals surface area contributed by atoms with E-state index in [2.05, 4.69) is 10.5 Å². The van der Waals surface area contributed by atoms with E-state index in [1.807, 2.05) is 6.92 Å². The number of amides is 1. The monoisotopic (exact) mass is 283 g/mol. The topological polar surface area (TPSA) is 83.9 Å². The number of nitrogens with one attached hydrogen (secondary N) is 1. The van der Waals surface area contributed by atoms with Crippen LogP contribution in [0.4, 0.5) is 5.82 Å². The van der Waals surface area contributed by atoms with Gasteiger partial charge >= 0.3 is 0 Å². The summed E-state index contributed by atoms with van der Waals surface area (Å²) in [6.07, 6.45) is 2.77. The van der Waals surface area contributed by atoms with Gasteiger partial charge in [-0.1, -0.05) is 6.92 Å². The number of ether oxygens (including phenoxy) is 1. The van der Waals surface area contributed by atoms with Crippen LogP contribution in [0.15, 0.2) is 18.3 Å². The third-order valence-corrected chi connectivity index (χ3v) is 2.58. The largest absolute Gasteiger partial charge is 0.495 e. The zero-order chi connectivity index (χ0) is 14.8. The first-order chi connectivity index (χ1) is 9.72. The number of pyridine rings is 1. The summed E-state index contributed by atoms with van der Waals surface area (Å²) in [5.74, 6) is 1.17. The molecule has 0 unspecified atom stereocenters. The lowest BCUT2D eigenvalue weighted by Gasteiger charge is -2.21. The summed E-state index contributed by atoms with van der Waals surface area (Å²) >= 11 is 0. The first kappa shape index (κ1) is 16.4. The van der Waals surface area contributed by atoms with Crippen LogP contribution in [0.3, 0.4) is 0 Å². The normalized spacial score (nSPS) is 10.3. The Labute approximate surface area is 118 Å². The van der Waals surface area contributed by atoms with Gasteiger partial charge in [0.25, 0.3) is 0 Å². The second-order valence-corrected chi connectivity index (χ2v) is 4.00. The molecule has 0 aliphatic rings. The number of nitrogens with zero attached hydrogens (tertiary/aromatic N) is 2. The molecule has 2 N–H and O–H groups in total. The maximum atomic E-state index is 12.1. The Kier molecular flexibility index (Phi) is 7.56. The molecule has 0 saturated carbocycles. The van der Waals surface area contributed by atoms with E-state index in [-0.39, 0.29) is 19.2 Å². The van der Waals surface area contributed by atoms with Gasteiger partial charge in [0.05, 0.1) is 26.5 Å². The maximum absolute atomic E-state index is 12.1. The van der Waals surface area contributed by atoms with Gasteiger partial charge in [0.2, 0.25) is 5.91 Å². The summed E-state index contributed by atoms with van der Waals surface area (Å²) in [7, 11) is 1.56. The SMILES string of the molecule is CCCC(=O)N(CCONCO)c1ccc(OC)cn1. The lowest BCUT2D eigenvalue weighted by atomic mass is 10.3. The average molecular weight is 283 g/mol. The molecule has 1 heterocycles. The van der Waals surface area contributed by atoms with Crippen molar-refractivity contribution < 1.29 is 19.5 Å². The van der Waals surface area contributed by atoms with Crippen LogP contribution in [-0.2, 0) is 9.63 Å². The second kappa shape index (κ2) is 9.24. The number of carbonyl (C=O) groups is 1. The van der Waals surface area contributed by atoms with Crippen molar-refractivity contribution in [1.29, 1.82) is 0 Å². The van der Waals surface area contributed by atoms with Gasteiger partial charge in [-0.05, 0) is 18.6 Å². The van der Waals surface area contributed by atoms with Crippen molar-refractivity contribution in [3.63, 3.8) is 0 Å². The molecule has 7 heteroatoms. The van der Waals surface area contributed by atoms with E-state index in [4.69, 9.17) is 14.7 Å². The fourth-order valence-corrected chi connectivity index (χ4v) is 1.62. The summed E-state index contributed by atoms with van der Waals surface area (Å²) < 4.78 is 5.04. The third-order valence-electron chi connectivity index (χ3n) is 2.58. The molecule has 0 bridgehead atoms. The molecule has 0 saturated heterocycles. The number of aromatic nitrogens is 1. The van der Waals surface area contributed by atoms with Gasteiger partial charge in [-0.25, -0.2) is 4.98 Å². The molecular formula is C13H21N3O4. The number of carbonyl (C=O) groups excluding carboxylic acids is 1. The summed E-state index contributed by atoms with van der Waals surface area (Å²) in [6.45, 7) is 2.28. The number of rotatable bonds is 9. The number of hydrogen-bond acceptors (Lipinski definition) is 6. The van der Waals surface area contributed by atoms with Crippen LogP contribution < -0.4 is 15.1 Å². The van der Waals surface area contributed by atoms with Crippen LogP contribution in [-0.4, -0.2) is 43.0 Å². The van der Waals surface area contributed by atoms with Gasteiger partial charge in [-0.2, -0.15) is 5.48 Å². The molecule has 0 radical (unpaired) electrons. The molecule has 1 aromatic rings. The summed E-state index contributed by atoms with van der Waals surface area (Å²) in [5.41, 5.74) is 2.32. The van der Waals surface area contributed by atoms with Crippen molar-refractivity contribution in [1.82, 2.24) is 10.5 Å². The summed E-state index contributed by atoms with van der Waals surface area (Å²) in [6, 6.07) is 3.48. The quantitative estimate of drug-likeness (QED) is 0.394. The van der Waals surface area contributed by atoms with Gasteiger partial charge < -0.3 is 9.84 Å². The van der Waals surface area contributed by atoms with Crippen molar-refractivity contribution in [2.24, 2.45) is 0 Å². The molecule has 0 aliphatic heterocycles. The van der Waals surface area contributed by atoms with Gasteiger partial charge in [0, 0.05) is 6.42 Å². The van der Waals surface area contributed by atoms with Gasteiger partial charge in [0.15, 0.2) is 0 Å². The molecule has 7 nitrogen and oxygen atoms in total. The number of hydrogen-bond donors (Lipinski definition) is 2. The van der Waals surface area contributed by atoms with E-state index in [9.17, 15) is 4.79 Å². The highest BCUT2D eigenvalue weighted by Crippen LogP contribution is 2.16. The predicted octanol–water partition coefficient (Wildman–Crippen LogP) is 0.694. The Balaban J connectivity index is 2.71. The molecule has 0 atom stereocenters. The van der Waals surface area contributed by atoms with Gasteiger partial charge in [-0.15, -0.1) is 0 Å². The van der Waals surface area contributed by atoms with E-state index in [1.54, 1.807) is 30.3 Å². The summed E-state index contributed by atoms with van der Waals surface area (Å²) in [5, 5.41) is 8.56. The molecule has 0 fully saturated rings. The molecule has 112 valence electrons. The van der Waals surface area contributed by atoms with E-state index >= 15 is 0 Å². The van der Waals surface area contributed by atoms with Crippen molar-refractivity contribution in [3.05, 3.63) is 18.3 Å². The van der Waals surface area contributed by atoms with Gasteiger partial charge in [0.1, 0.15) is 18.3 Å². The fraction of sp³-hybridized carbons (Fsp3) is 0.538. The van der Waals surface area contributed by atoms with Crippen molar-refractivity contribution in [2.75, 3.05) is 31.9 Å². The van der Waals surface area contributed by atoms with Crippen LogP contribution in [0.5, 0.6) is 5.75 Å². The minimum atomic E-state index is -0.274. The first-order valence-corrected chi connectivity index (χ1v) is 6.48. The summed E-state index contributed by atoms with van der Waals surface area (Å²) in [4.78, 5) is 22.8. The molecule has 1 rings (SSSR count). The number of hydroxylamine groups is 1. The smallest absolute Gasteiger partial charge is 0.228 e. The van der Waals surface area contributed by atoms with Crippen LogP contribution in [0.25, 0.3) is 0 Å². The zero-order valence-electron chi connectivity index (χ0n) is 11.8. The molecule has 0 aliphatic carbocycles. The van der Waals surface area contributed by atoms with E-state index in [0.717, 1.165) is 6.42 Å². The molecule has 1 aromatic heterocycles. The molecule has 0 spiro atoms. The minimum Gasteiger partial charge on any atom is -0.495 e. The van der Waals surface area contributed by atoms with Crippen molar-refractivity contribution >= 4 is 11.7 Å². The Morgan fingerprint density at radius 2 is 2.30 bits per heavy atom. The van der Waals surface area contributed by atoms with E-state index in [0.29, 0.717) is 24.5 Å². The number of anilines is 1. The molecule has 1 amide bonds. The Hall–Kier alpha value is -1.70. The highest BCUT2D eigenvalue weighted by molar-refractivity contribution is 5.92. The van der Waals surface area contributed by atoms with Crippen molar-refractivity contribution in [3.8, 4) is 5.75 Å². The maximum Gasteiger partial charge on any atom is 0.228 e. The fourth-order valence-electron chi connectivity index (χ4n) is 1.62. The van der Waals surface area contributed by atoms with Gasteiger partial charge in [-0.3, -0.25) is 14.5 Å². The first-order valence-electron chi connectivity index (χ1n) is 6.48. The number of aliphatic hydroxyl groups excluding tert-OH is 1. The lowest BCUT2D eigenvalue weighted by molar-refractivity contribution is -0.119. The van der Waals surface area contributed by atoms with E-state index < -0.39 is 0 Å². The predicted molar refractivity (Wildman–Crippen MR) is 74.2 cm³/mol. The lowest BCUT2D eigenvalue weighted by Crippen LogP contribution is -2.35. The number of aliphatic hydroxyl groups is 1. The highest BCUT2D eigenvalue weighted by atomic mass is 16.7. The Morgan fingerprint density at radius 1 is 1.50 bits per heavy atom. The van der Waals surface area contributed by atoms with Crippen LogP contribution >= 0.6 is 0 Å². The standard InChI is InChI=1S/C13H21N3O4/c1-3-4-13(18)16(7-8-20-15-10-17)12-6-5-11(19-2)9-14-12/h5-6,9,15,17H,3-4,7-8,10H2,1-2H3. The van der Waals surface area contributed by atoms with E-state index in [1.165, 1.54) is 0 Å². The van der Waals surface area contributed by atoms with Crippen LogP contribution in [0.2, 0.25) is 0 Å². The van der Waals surface area contributed by atoms with Crippen LogP contribution in [0.1, 0.15) is 19.8 Å². The third kappa shape index (κ3) is 5.12. The van der Waals surface area contributed by atoms with Crippen molar-refractivity contribution in [2.45, 2.75) is 19.8 Å². The average Bonchev–Trinajstić information content (AvgIpc) is 2.48. The number of methoxy groups -OCH3 is 1. The zero-order valence-corrected chi connectivity index (χ0v) is 11.8. The second-order valence-electron chi connectivity index (χ2n) is 4.00. The highest BCUT2D eigenvalue weighted by Gasteiger charge is 2.16. The Bertz CT molecular complexity index is 397. The minimum absolute atomic E-state index is 0.0160. The van der Waals surface area contributed by atoms with Crippen LogP contribution in [0, 0.1) is 0 Å². The molecule has 20 heavy (non-hydrogen) atoms. The molecular weight excluding hydrogens is 262 g/mol.